The van der Waals surface area contributed by atoms with Gasteiger partial charge in [0.15, 0.2) is 14.1 Å². The van der Waals surface area contributed by atoms with Gasteiger partial charge in [0.05, 0.1) is 10.9 Å². The molecule has 0 aromatic carbocycles. The second-order valence-electron chi connectivity index (χ2n) is 7.46. The SMILES string of the molecule is Cc1nnc(C(C)O[Si](C)(C)C(C)(C)C)n1-c1scc(Cl)c1CCl. The molecular formula is C16H25Cl2N3OSSi. The molecule has 2 aromatic rings. The van der Waals surface area contributed by atoms with Crippen LogP contribution >= 0.6 is 34.5 Å². The summed E-state index contributed by atoms with van der Waals surface area (Å²) in [5.41, 5.74) is 0.909. The van der Waals surface area contributed by atoms with Gasteiger partial charge in [0.1, 0.15) is 16.9 Å². The predicted octanol–water partition coefficient (Wildman–Crippen LogP) is 6.11. The van der Waals surface area contributed by atoms with Crippen LogP contribution in [0.4, 0.5) is 0 Å². The van der Waals surface area contributed by atoms with Gasteiger partial charge in [0, 0.05) is 10.9 Å². The zero-order valence-electron chi connectivity index (χ0n) is 15.3. The molecule has 134 valence electrons. The Morgan fingerprint density at radius 2 is 1.96 bits per heavy atom. The van der Waals surface area contributed by atoms with E-state index >= 15 is 0 Å². The lowest BCUT2D eigenvalue weighted by Gasteiger charge is -2.38. The van der Waals surface area contributed by atoms with Gasteiger partial charge in [-0.2, -0.15) is 0 Å². The van der Waals surface area contributed by atoms with Crippen LogP contribution in [-0.4, -0.2) is 23.1 Å². The fourth-order valence-electron chi connectivity index (χ4n) is 2.22. The van der Waals surface area contributed by atoms with Gasteiger partial charge in [0.2, 0.25) is 0 Å². The molecule has 0 aliphatic heterocycles. The van der Waals surface area contributed by atoms with Crippen molar-refractivity contribution in [1.82, 2.24) is 14.8 Å². The van der Waals surface area contributed by atoms with Crippen molar-refractivity contribution in [3.05, 3.63) is 27.6 Å². The summed E-state index contributed by atoms with van der Waals surface area (Å²) < 4.78 is 8.52. The normalized spacial score (nSPS) is 14.2. The van der Waals surface area contributed by atoms with E-state index in [0.29, 0.717) is 10.9 Å². The van der Waals surface area contributed by atoms with Crippen LogP contribution in [0.25, 0.3) is 5.00 Å². The maximum Gasteiger partial charge on any atom is 0.193 e. The molecule has 1 unspecified atom stereocenters. The van der Waals surface area contributed by atoms with Crippen LogP contribution in [-0.2, 0) is 10.3 Å². The Morgan fingerprint density at radius 3 is 2.50 bits per heavy atom. The van der Waals surface area contributed by atoms with Crippen molar-refractivity contribution in [1.29, 1.82) is 0 Å². The first-order chi connectivity index (χ1) is 11.0. The molecule has 0 N–H and O–H groups in total. The van der Waals surface area contributed by atoms with Crippen molar-refractivity contribution >= 4 is 42.9 Å². The molecule has 0 aliphatic rings. The number of nitrogens with zero attached hydrogens (tertiary/aromatic N) is 3. The summed E-state index contributed by atoms with van der Waals surface area (Å²) in [5.74, 6) is 1.95. The lowest BCUT2D eigenvalue weighted by Crippen LogP contribution is -2.41. The van der Waals surface area contributed by atoms with Crippen molar-refractivity contribution in [3.8, 4) is 5.00 Å². The van der Waals surface area contributed by atoms with Crippen LogP contribution < -0.4 is 0 Å². The molecule has 0 radical (unpaired) electrons. The first-order valence-electron chi connectivity index (χ1n) is 7.91. The molecule has 24 heavy (non-hydrogen) atoms. The van der Waals surface area contributed by atoms with E-state index in [-0.39, 0.29) is 11.1 Å². The topological polar surface area (TPSA) is 39.9 Å². The summed E-state index contributed by atoms with van der Waals surface area (Å²) in [6.07, 6.45) is -0.156. The van der Waals surface area contributed by atoms with Crippen molar-refractivity contribution < 1.29 is 4.43 Å². The number of rotatable bonds is 5. The quantitative estimate of drug-likeness (QED) is 0.444. The third-order valence-corrected chi connectivity index (χ3v) is 10.9. The maximum atomic E-state index is 6.50. The number of halogens is 2. The van der Waals surface area contributed by atoms with Crippen LogP contribution in [0.15, 0.2) is 5.38 Å². The smallest absolute Gasteiger partial charge is 0.193 e. The van der Waals surface area contributed by atoms with Gasteiger partial charge in [-0.05, 0) is 32.0 Å². The average molecular weight is 406 g/mol. The van der Waals surface area contributed by atoms with Crippen LogP contribution in [0.2, 0.25) is 23.2 Å². The Balaban J connectivity index is 2.43. The Hall–Kier alpha value is -0.403. The first-order valence-corrected chi connectivity index (χ1v) is 12.6. The van der Waals surface area contributed by atoms with Gasteiger partial charge < -0.3 is 4.43 Å². The molecular weight excluding hydrogens is 381 g/mol. The summed E-state index contributed by atoms with van der Waals surface area (Å²) in [4.78, 5) is 0. The molecule has 0 bridgehead atoms. The van der Waals surface area contributed by atoms with Gasteiger partial charge >= 0.3 is 0 Å². The van der Waals surface area contributed by atoms with Gasteiger partial charge in [-0.15, -0.1) is 33.1 Å². The summed E-state index contributed by atoms with van der Waals surface area (Å²) in [5, 5.41) is 12.3. The molecule has 0 fully saturated rings. The number of hydrogen-bond acceptors (Lipinski definition) is 4. The van der Waals surface area contributed by atoms with E-state index in [9.17, 15) is 0 Å². The van der Waals surface area contributed by atoms with E-state index < -0.39 is 8.32 Å². The number of alkyl halides is 1. The summed E-state index contributed by atoms with van der Waals surface area (Å²) >= 11 is 13.9. The Bertz CT molecular complexity index is 721. The van der Waals surface area contributed by atoms with E-state index in [2.05, 4.69) is 44.1 Å². The predicted molar refractivity (Wildman–Crippen MR) is 105 cm³/mol. The van der Waals surface area contributed by atoms with E-state index in [1.54, 1.807) is 11.3 Å². The molecule has 2 heterocycles. The van der Waals surface area contributed by atoms with Gasteiger partial charge in [0.25, 0.3) is 0 Å². The van der Waals surface area contributed by atoms with Gasteiger partial charge in [-0.3, -0.25) is 4.57 Å². The van der Waals surface area contributed by atoms with Crippen LogP contribution in [0.3, 0.4) is 0 Å². The lowest BCUT2D eigenvalue weighted by atomic mass is 10.2. The summed E-state index contributed by atoms with van der Waals surface area (Å²) in [7, 11) is -1.91. The van der Waals surface area contributed by atoms with E-state index in [0.717, 1.165) is 22.2 Å². The Morgan fingerprint density at radius 1 is 1.33 bits per heavy atom. The van der Waals surface area contributed by atoms with Gasteiger partial charge in [-0.25, -0.2) is 0 Å². The third-order valence-electron chi connectivity index (χ3n) is 4.65. The van der Waals surface area contributed by atoms with Crippen molar-refractivity contribution in [3.63, 3.8) is 0 Å². The Labute approximate surface area is 159 Å². The fourth-order valence-corrected chi connectivity index (χ4v) is 5.34. The largest absolute Gasteiger partial charge is 0.407 e. The van der Waals surface area contributed by atoms with Crippen LogP contribution in [0, 0.1) is 6.92 Å². The minimum atomic E-state index is -1.91. The molecule has 2 rings (SSSR count). The van der Waals surface area contributed by atoms with E-state index in [1.165, 1.54) is 0 Å². The monoisotopic (exact) mass is 405 g/mol. The summed E-state index contributed by atoms with van der Waals surface area (Å²) in [6, 6.07) is 0. The number of thiophene rings is 1. The minimum Gasteiger partial charge on any atom is -0.407 e. The molecule has 0 saturated heterocycles. The Kier molecular flexibility index (Phi) is 5.87. The zero-order chi connectivity index (χ0) is 18.3. The van der Waals surface area contributed by atoms with Gasteiger partial charge in [-0.1, -0.05) is 32.4 Å². The standard InChI is InChI=1S/C16H25Cl2N3OSSi/c1-10(22-24(6,7)16(3,4)5)14-20-19-11(2)21(14)15-12(8-17)13(18)9-23-15/h9-10H,8H2,1-7H3. The highest BCUT2D eigenvalue weighted by atomic mass is 35.5. The van der Waals surface area contributed by atoms with Crippen LogP contribution in [0.1, 0.15) is 51.0 Å². The number of hydrogen-bond donors (Lipinski definition) is 0. The zero-order valence-corrected chi connectivity index (χ0v) is 18.6. The molecule has 0 spiro atoms. The molecule has 0 amide bonds. The van der Waals surface area contributed by atoms with Crippen molar-refractivity contribution in [2.75, 3.05) is 0 Å². The van der Waals surface area contributed by atoms with Crippen LogP contribution in [0.5, 0.6) is 0 Å². The minimum absolute atomic E-state index is 0.134. The van der Waals surface area contributed by atoms with E-state index in [4.69, 9.17) is 27.6 Å². The second-order valence-corrected chi connectivity index (χ2v) is 13.8. The highest BCUT2D eigenvalue weighted by Gasteiger charge is 2.39. The number of aryl methyl sites for hydroxylation is 1. The molecule has 2 aromatic heterocycles. The van der Waals surface area contributed by atoms with Crippen molar-refractivity contribution in [2.24, 2.45) is 0 Å². The molecule has 0 saturated carbocycles. The fraction of sp³-hybridized carbons (Fsp3) is 0.625. The summed E-state index contributed by atoms with van der Waals surface area (Å²) in [6.45, 7) is 15.1. The third kappa shape index (κ3) is 3.72. The first kappa shape index (κ1) is 19.9. The average Bonchev–Trinajstić information content (AvgIpc) is 2.99. The lowest BCUT2D eigenvalue weighted by molar-refractivity contribution is 0.191. The maximum absolute atomic E-state index is 6.50. The highest BCUT2D eigenvalue weighted by Crippen LogP contribution is 2.40. The number of aromatic nitrogens is 3. The molecule has 0 aliphatic carbocycles. The second kappa shape index (κ2) is 7.07. The molecule has 8 heteroatoms. The van der Waals surface area contributed by atoms with E-state index in [1.807, 2.05) is 23.8 Å². The van der Waals surface area contributed by atoms with Crippen molar-refractivity contribution in [2.45, 2.75) is 64.7 Å². The molecule has 1 atom stereocenters. The highest BCUT2D eigenvalue weighted by molar-refractivity contribution is 7.13. The molecule has 4 nitrogen and oxygen atoms in total.